The van der Waals surface area contributed by atoms with Crippen LogP contribution in [0.3, 0.4) is 0 Å². The first-order valence-corrected chi connectivity index (χ1v) is 10.1. The zero-order chi connectivity index (χ0) is 17.2. The van der Waals surface area contributed by atoms with E-state index in [0.29, 0.717) is 5.25 Å². The Morgan fingerprint density at radius 2 is 2.04 bits per heavy atom. The van der Waals surface area contributed by atoms with E-state index in [2.05, 4.69) is 59.1 Å². The number of nitrogens with zero attached hydrogens (tertiary/aromatic N) is 2. The van der Waals surface area contributed by atoms with Crippen LogP contribution < -0.4 is 10.6 Å². The number of halogens is 1. The number of hydrogen-bond donors (Lipinski definition) is 2. The van der Waals surface area contributed by atoms with Crippen molar-refractivity contribution in [2.75, 3.05) is 19.6 Å². The van der Waals surface area contributed by atoms with E-state index in [0.717, 1.165) is 42.7 Å². The number of aromatic nitrogens is 1. The lowest BCUT2D eigenvalue weighted by Crippen LogP contribution is -2.38. The van der Waals surface area contributed by atoms with Gasteiger partial charge in [0.2, 0.25) is 0 Å². The number of nitrogens with one attached hydrogen (secondary N) is 2. The summed E-state index contributed by atoms with van der Waals surface area (Å²) in [6.45, 7) is 8.83. The Morgan fingerprint density at radius 1 is 1.28 bits per heavy atom. The van der Waals surface area contributed by atoms with Crippen molar-refractivity contribution in [3.63, 3.8) is 0 Å². The molecule has 0 amide bonds. The average molecular weight is 490 g/mol. The molecule has 2 aromatic rings. The highest BCUT2D eigenvalue weighted by molar-refractivity contribution is 14.0. The van der Waals surface area contributed by atoms with Gasteiger partial charge in [0.25, 0.3) is 0 Å². The van der Waals surface area contributed by atoms with Crippen LogP contribution in [-0.4, -0.2) is 35.8 Å². The molecule has 25 heavy (non-hydrogen) atoms. The van der Waals surface area contributed by atoms with Gasteiger partial charge in [-0.25, -0.2) is 4.98 Å². The molecule has 1 heterocycles. The van der Waals surface area contributed by atoms with E-state index in [1.54, 1.807) is 11.3 Å². The predicted octanol–water partition coefficient (Wildman–Crippen LogP) is 4.35. The van der Waals surface area contributed by atoms with Gasteiger partial charge in [-0.3, -0.25) is 4.99 Å². The van der Waals surface area contributed by atoms with Gasteiger partial charge in [0, 0.05) is 35.0 Å². The minimum Gasteiger partial charge on any atom is -0.357 e. The first-order chi connectivity index (χ1) is 11.7. The summed E-state index contributed by atoms with van der Waals surface area (Å²) in [5.74, 6) is 0.880. The maximum atomic E-state index is 4.70. The number of benzene rings is 1. The van der Waals surface area contributed by atoms with E-state index in [9.17, 15) is 0 Å². The SMILES string of the molecule is CCNC(=NCC(C)Sc1ccccc1)NCCc1csc(C)n1.I. The number of guanidine groups is 1. The molecule has 0 saturated carbocycles. The van der Waals surface area contributed by atoms with Gasteiger partial charge in [0.05, 0.1) is 17.2 Å². The minimum atomic E-state index is 0. The topological polar surface area (TPSA) is 49.3 Å². The smallest absolute Gasteiger partial charge is 0.191 e. The van der Waals surface area contributed by atoms with Gasteiger partial charge in [-0.05, 0) is 26.0 Å². The zero-order valence-corrected chi connectivity index (χ0v) is 19.0. The third kappa shape index (κ3) is 8.91. The van der Waals surface area contributed by atoms with Gasteiger partial charge in [-0.15, -0.1) is 47.1 Å². The van der Waals surface area contributed by atoms with E-state index in [1.165, 1.54) is 4.90 Å². The lowest BCUT2D eigenvalue weighted by Gasteiger charge is -2.13. The number of aliphatic imine (C=N–C) groups is 1. The maximum absolute atomic E-state index is 4.70. The Bertz CT molecular complexity index is 631. The van der Waals surface area contributed by atoms with Gasteiger partial charge in [-0.1, -0.05) is 25.1 Å². The first kappa shape index (κ1) is 22.2. The third-order valence-electron chi connectivity index (χ3n) is 3.27. The largest absolute Gasteiger partial charge is 0.357 e. The molecular formula is C18H27IN4S2. The van der Waals surface area contributed by atoms with Crippen molar-refractivity contribution in [3.05, 3.63) is 46.4 Å². The molecule has 0 spiro atoms. The molecule has 0 radical (unpaired) electrons. The van der Waals surface area contributed by atoms with Crippen molar-refractivity contribution in [1.29, 1.82) is 0 Å². The second kappa shape index (κ2) is 12.5. The van der Waals surface area contributed by atoms with E-state index < -0.39 is 0 Å². The molecule has 1 unspecified atom stereocenters. The molecule has 1 aromatic carbocycles. The van der Waals surface area contributed by atoms with Crippen LogP contribution >= 0.6 is 47.1 Å². The Kier molecular flexibility index (Phi) is 11.2. The van der Waals surface area contributed by atoms with Crippen molar-refractivity contribution in [3.8, 4) is 0 Å². The number of hydrogen-bond acceptors (Lipinski definition) is 4. The highest BCUT2D eigenvalue weighted by atomic mass is 127. The zero-order valence-electron chi connectivity index (χ0n) is 15.0. The first-order valence-electron chi connectivity index (χ1n) is 8.32. The third-order valence-corrected chi connectivity index (χ3v) is 5.19. The molecule has 0 aliphatic carbocycles. The molecule has 1 aromatic heterocycles. The van der Waals surface area contributed by atoms with Crippen molar-refractivity contribution in [2.45, 2.75) is 37.3 Å². The minimum absolute atomic E-state index is 0. The molecule has 0 bridgehead atoms. The van der Waals surface area contributed by atoms with E-state index in [1.807, 2.05) is 24.8 Å². The van der Waals surface area contributed by atoms with Crippen LogP contribution in [0.4, 0.5) is 0 Å². The van der Waals surface area contributed by atoms with Crippen LogP contribution in [0, 0.1) is 6.92 Å². The quantitative estimate of drug-likeness (QED) is 0.250. The summed E-state index contributed by atoms with van der Waals surface area (Å²) in [4.78, 5) is 10.5. The molecule has 0 saturated heterocycles. The highest BCUT2D eigenvalue weighted by Gasteiger charge is 2.05. The molecule has 7 heteroatoms. The highest BCUT2D eigenvalue weighted by Crippen LogP contribution is 2.22. The Hall–Kier alpha value is -0.800. The molecular weight excluding hydrogens is 463 g/mol. The van der Waals surface area contributed by atoms with Gasteiger partial charge >= 0.3 is 0 Å². The summed E-state index contributed by atoms with van der Waals surface area (Å²) in [6, 6.07) is 10.5. The summed E-state index contributed by atoms with van der Waals surface area (Å²) < 4.78 is 0. The van der Waals surface area contributed by atoms with Crippen LogP contribution in [0.15, 0.2) is 45.6 Å². The van der Waals surface area contributed by atoms with Crippen molar-refractivity contribution >= 4 is 53.0 Å². The summed E-state index contributed by atoms with van der Waals surface area (Å²) in [7, 11) is 0. The molecule has 0 fully saturated rings. The molecule has 0 aliphatic heterocycles. The second-order valence-corrected chi connectivity index (χ2v) is 8.07. The standard InChI is InChI=1S/C18H26N4S2.HI/c1-4-19-18(20-11-10-16-13-23-15(3)22-16)21-12-14(2)24-17-8-6-5-7-9-17;/h5-9,13-14H,4,10-12H2,1-3H3,(H2,19,20,21);1H. The monoisotopic (exact) mass is 490 g/mol. The van der Waals surface area contributed by atoms with Gasteiger partial charge in [0.15, 0.2) is 5.96 Å². The number of rotatable bonds is 8. The lowest BCUT2D eigenvalue weighted by atomic mass is 10.3. The van der Waals surface area contributed by atoms with Gasteiger partial charge in [-0.2, -0.15) is 0 Å². The summed E-state index contributed by atoms with van der Waals surface area (Å²) in [5, 5.41) is 10.4. The van der Waals surface area contributed by atoms with E-state index in [-0.39, 0.29) is 24.0 Å². The van der Waals surface area contributed by atoms with Crippen LogP contribution in [0.1, 0.15) is 24.5 Å². The average Bonchev–Trinajstić information content (AvgIpc) is 2.99. The molecule has 0 aliphatic rings. The maximum Gasteiger partial charge on any atom is 0.191 e. The van der Waals surface area contributed by atoms with Crippen molar-refractivity contribution in [1.82, 2.24) is 15.6 Å². The van der Waals surface area contributed by atoms with Crippen molar-refractivity contribution in [2.24, 2.45) is 4.99 Å². The van der Waals surface area contributed by atoms with Crippen LogP contribution in [0.25, 0.3) is 0 Å². The Morgan fingerprint density at radius 3 is 2.68 bits per heavy atom. The normalized spacial score (nSPS) is 12.4. The Labute approximate surface area is 176 Å². The fourth-order valence-corrected chi connectivity index (χ4v) is 3.74. The van der Waals surface area contributed by atoms with Crippen molar-refractivity contribution < 1.29 is 0 Å². The molecule has 2 rings (SSSR count). The van der Waals surface area contributed by atoms with Gasteiger partial charge in [0.1, 0.15) is 0 Å². The molecule has 1 atom stereocenters. The fraction of sp³-hybridized carbons (Fsp3) is 0.444. The molecule has 4 nitrogen and oxygen atoms in total. The lowest BCUT2D eigenvalue weighted by molar-refractivity contribution is 0.787. The number of aryl methyl sites for hydroxylation is 1. The summed E-state index contributed by atoms with van der Waals surface area (Å²) >= 11 is 3.56. The van der Waals surface area contributed by atoms with E-state index >= 15 is 0 Å². The predicted molar refractivity (Wildman–Crippen MR) is 122 cm³/mol. The van der Waals surface area contributed by atoms with Crippen LogP contribution in [0.5, 0.6) is 0 Å². The van der Waals surface area contributed by atoms with Crippen LogP contribution in [-0.2, 0) is 6.42 Å². The molecule has 2 N–H and O–H groups in total. The fourth-order valence-electron chi connectivity index (χ4n) is 2.16. The number of thiazole rings is 1. The van der Waals surface area contributed by atoms with Crippen LogP contribution in [0.2, 0.25) is 0 Å². The second-order valence-electron chi connectivity index (χ2n) is 5.50. The summed E-state index contributed by atoms with van der Waals surface area (Å²) in [5.41, 5.74) is 1.15. The Balaban J connectivity index is 0.00000312. The molecule has 138 valence electrons. The van der Waals surface area contributed by atoms with E-state index in [4.69, 9.17) is 4.99 Å². The van der Waals surface area contributed by atoms with Gasteiger partial charge < -0.3 is 10.6 Å². The number of thioether (sulfide) groups is 1. The summed E-state index contributed by atoms with van der Waals surface area (Å²) in [6.07, 6.45) is 0.920.